The van der Waals surface area contributed by atoms with Gasteiger partial charge < -0.3 is 5.73 Å². The van der Waals surface area contributed by atoms with Crippen molar-refractivity contribution in [2.75, 3.05) is 10.5 Å². The molecule has 2 rings (SSSR count). The highest BCUT2D eigenvalue weighted by molar-refractivity contribution is 9.10. The minimum Gasteiger partial charge on any atom is -0.398 e. The van der Waals surface area contributed by atoms with E-state index < -0.39 is 10.0 Å². The number of nitrogens with two attached hydrogens (primary N) is 1. The van der Waals surface area contributed by atoms with E-state index in [-0.39, 0.29) is 4.90 Å². The zero-order valence-corrected chi connectivity index (χ0v) is 11.9. The van der Waals surface area contributed by atoms with Gasteiger partial charge in [-0.15, -0.1) is 0 Å². The van der Waals surface area contributed by atoms with Crippen molar-refractivity contribution in [2.45, 2.75) is 4.90 Å². The molecule has 18 heavy (non-hydrogen) atoms. The number of sulfonamides is 1. The van der Waals surface area contributed by atoms with E-state index in [1.807, 2.05) is 0 Å². The first-order valence-corrected chi connectivity index (χ1v) is 7.22. The molecule has 0 aliphatic heterocycles. The van der Waals surface area contributed by atoms with Crippen molar-refractivity contribution < 1.29 is 8.42 Å². The predicted molar refractivity (Wildman–Crippen MR) is 72.6 cm³/mol. The smallest absolute Gasteiger partial charge is 0.262 e. The molecule has 0 unspecified atom stereocenters. The van der Waals surface area contributed by atoms with Crippen LogP contribution in [0.4, 0.5) is 11.4 Å². The lowest BCUT2D eigenvalue weighted by Gasteiger charge is -2.07. The summed E-state index contributed by atoms with van der Waals surface area (Å²) in [6, 6.07) is 4.45. The maximum Gasteiger partial charge on any atom is 0.262 e. The third-order valence-corrected chi connectivity index (χ3v) is 4.34. The maximum absolute atomic E-state index is 12.1. The fourth-order valence-electron chi connectivity index (χ4n) is 1.38. The maximum atomic E-state index is 12.1. The second-order valence-corrected chi connectivity index (χ2v) is 6.23. The molecule has 0 aliphatic carbocycles. The molecule has 0 saturated heterocycles. The molecule has 0 amide bonds. The van der Waals surface area contributed by atoms with Gasteiger partial charge in [-0.25, -0.2) is 8.42 Å². The van der Waals surface area contributed by atoms with Gasteiger partial charge in [0.1, 0.15) is 0 Å². The Morgan fingerprint density at radius 3 is 2.72 bits per heavy atom. The summed E-state index contributed by atoms with van der Waals surface area (Å²) in [5, 5.41) is 3.88. The molecule has 1 aromatic carbocycles. The Labute approximate surface area is 113 Å². The fourth-order valence-corrected chi connectivity index (χ4v) is 2.69. The molecule has 0 radical (unpaired) electrons. The average Bonchev–Trinajstić information content (AvgIpc) is 2.67. The largest absolute Gasteiger partial charge is 0.398 e. The molecular formula is C10H11BrN4O2S. The SMILES string of the molecule is Cn1cc(NS(=O)(=O)c2ccc(Br)c(N)c2)cn1. The number of anilines is 2. The summed E-state index contributed by atoms with van der Waals surface area (Å²) >= 11 is 3.21. The summed E-state index contributed by atoms with van der Waals surface area (Å²) in [6.07, 6.45) is 3.00. The van der Waals surface area contributed by atoms with Crippen molar-refractivity contribution in [3.05, 3.63) is 35.1 Å². The highest BCUT2D eigenvalue weighted by Gasteiger charge is 2.15. The number of benzene rings is 1. The zero-order chi connectivity index (χ0) is 13.3. The highest BCUT2D eigenvalue weighted by atomic mass is 79.9. The first-order chi connectivity index (χ1) is 8.38. The summed E-state index contributed by atoms with van der Waals surface area (Å²) in [7, 11) is -1.94. The first-order valence-electron chi connectivity index (χ1n) is 4.95. The molecule has 0 fully saturated rings. The molecule has 2 aromatic rings. The van der Waals surface area contributed by atoms with Gasteiger partial charge in [0, 0.05) is 23.4 Å². The van der Waals surface area contributed by atoms with Crippen LogP contribution in [0, 0.1) is 0 Å². The van der Waals surface area contributed by atoms with Crippen molar-refractivity contribution in [2.24, 2.45) is 7.05 Å². The van der Waals surface area contributed by atoms with E-state index in [4.69, 9.17) is 5.73 Å². The summed E-state index contributed by atoms with van der Waals surface area (Å²) in [5.74, 6) is 0. The Morgan fingerprint density at radius 1 is 1.44 bits per heavy atom. The molecule has 0 atom stereocenters. The number of aryl methyl sites for hydroxylation is 1. The van der Waals surface area contributed by atoms with Gasteiger partial charge in [0.2, 0.25) is 0 Å². The van der Waals surface area contributed by atoms with Crippen LogP contribution in [0.25, 0.3) is 0 Å². The third kappa shape index (κ3) is 2.65. The number of aromatic nitrogens is 2. The van der Waals surface area contributed by atoms with Crippen LogP contribution in [0.15, 0.2) is 40.0 Å². The zero-order valence-electron chi connectivity index (χ0n) is 9.46. The van der Waals surface area contributed by atoms with E-state index in [1.165, 1.54) is 23.0 Å². The van der Waals surface area contributed by atoms with Gasteiger partial charge in [-0.1, -0.05) is 0 Å². The number of nitrogen functional groups attached to an aromatic ring is 1. The van der Waals surface area contributed by atoms with E-state index in [9.17, 15) is 8.42 Å². The van der Waals surface area contributed by atoms with Gasteiger partial charge in [-0.3, -0.25) is 9.40 Å². The van der Waals surface area contributed by atoms with E-state index in [1.54, 1.807) is 19.3 Å². The van der Waals surface area contributed by atoms with E-state index >= 15 is 0 Å². The number of hydrogen-bond acceptors (Lipinski definition) is 4. The standard InChI is InChI=1S/C10H11BrN4O2S/c1-15-6-7(5-13-15)14-18(16,17)8-2-3-9(11)10(12)4-8/h2-6,14H,12H2,1H3. The Kier molecular flexibility index (Phi) is 3.31. The molecule has 0 saturated carbocycles. The summed E-state index contributed by atoms with van der Waals surface area (Å²) in [4.78, 5) is 0.104. The van der Waals surface area contributed by atoms with E-state index in [0.29, 0.717) is 15.8 Å². The minimum absolute atomic E-state index is 0.104. The number of halogens is 1. The van der Waals surface area contributed by atoms with Gasteiger partial charge >= 0.3 is 0 Å². The quantitative estimate of drug-likeness (QED) is 0.836. The lowest BCUT2D eigenvalue weighted by Crippen LogP contribution is -2.12. The van der Waals surface area contributed by atoms with E-state index in [2.05, 4.69) is 25.8 Å². The molecule has 0 spiro atoms. The number of nitrogens with one attached hydrogen (secondary N) is 1. The first kappa shape index (κ1) is 12.9. The Balaban J connectivity index is 2.33. The second-order valence-electron chi connectivity index (χ2n) is 3.69. The van der Waals surface area contributed by atoms with Gasteiger partial charge in [-0.2, -0.15) is 5.10 Å². The van der Waals surface area contributed by atoms with Crippen molar-refractivity contribution in [3.63, 3.8) is 0 Å². The molecule has 0 bridgehead atoms. The van der Waals surface area contributed by atoms with Crippen LogP contribution in [0.2, 0.25) is 0 Å². The summed E-state index contributed by atoms with van der Waals surface area (Å²) < 4.78 is 28.7. The van der Waals surface area contributed by atoms with Gasteiger partial charge in [0.25, 0.3) is 10.0 Å². The van der Waals surface area contributed by atoms with Crippen LogP contribution in [0.5, 0.6) is 0 Å². The second kappa shape index (κ2) is 4.62. The molecule has 1 heterocycles. The minimum atomic E-state index is -3.64. The van der Waals surface area contributed by atoms with Crippen LogP contribution in [-0.4, -0.2) is 18.2 Å². The van der Waals surface area contributed by atoms with Crippen molar-refractivity contribution in [1.29, 1.82) is 0 Å². The number of hydrogen-bond donors (Lipinski definition) is 2. The lowest BCUT2D eigenvalue weighted by atomic mass is 10.3. The Morgan fingerprint density at radius 2 is 2.17 bits per heavy atom. The highest BCUT2D eigenvalue weighted by Crippen LogP contribution is 2.24. The van der Waals surface area contributed by atoms with Crippen molar-refractivity contribution in [1.82, 2.24) is 9.78 Å². The Hall–Kier alpha value is -1.54. The summed E-state index contributed by atoms with van der Waals surface area (Å²) in [6.45, 7) is 0. The molecule has 8 heteroatoms. The van der Waals surface area contributed by atoms with Gasteiger partial charge in [0.05, 0.1) is 16.8 Å². The van der Waals surface area contributed by atoms with Crippen LogP contribution in [0.3, 0.4) is 0 Å². The number of rotatable bonds is 3. The van der Waals surface area contributed by atoms with Crippen molar-refractivity contribution >= 4 is 37.3 Å². The Bertz CT molecular complexity index is 681. The van der Waals surface area contributed by atoms with Gasteiger partial charge in [0.15, 0.2) is 0 Å². The molecule has 1 aromatic heterocycles. The fraction of sp³-hybridized carbons (Fsp3) is 0.100. The number of nitrogens with zero attached hydrogens (tertiary/aromatic N) is 2. The van der Waals surface area contributed by atoms with E-state index in [0.717, 1.165) is 0 Å². The van der Waals surface area contributed by atoms with Crippen LogP contribution in [-0.2, 0) is 17.1 Å². The molecular weight excluding hydrogens is 320 g/mol. The van der Waals surface area contributed by atoms with Crippen LogP contribution < -0.4 is 10.5 Å². The molecule has 6 nitrogen and oxygen atoms in total. The molecule has 0 aliphatic rings. The lowest BCUT2D eigenvalue weighted by molar-refractivity contribution is 0.601. The van der Waals surface area contributed by atoms with Gasteiger partial charge in [-0.05, 0) is 34.1 Å². The topological polar surface area (TPSA) is 90.0 Å². The monoisotopic (exact) mass is 330 g/mol. The predicted octanol–water partition coefficient (Wildman–Crippen LogP) is 1.57. The average molecular weight is 331 g/mol. The van der Waals surface area contributed by atoms with Crippen molar-refractivity contribution in [3.8, 4) is 0 Å². The van der Waals surface area contributed by atoms with Crippen LogP contribution in [0.1, 0.15) is 0 Å². The normalized spacial score (nSPS) is 11.4. The summed E-state index contributed by atoms with van der Waals surface area (Å²) in [5.41, 5.74) is 6.43. The van der Waals surface area contributed by atoms with Crippen LogP contribution >= 0.6 is 15.9 Å². The molecule has 3 N–H and O–H groups in total. The molecule has 96 valence electrons. The third-order valence-electron chi connectivity index (χ3n) is 2.23.